The van der Waals surface area contributed by atoms with Gasteiger partial charge in [0.15, 0.2) is 11.4 Å². The van der Waals surface area contributed by atoms with Crippen molar-refractivity contribution >= 4 is 105 Å². The van der Waals surface area contributed by atoms with Gasteiger partial charge in [0.05, 0.1) is 12.1 Å². The van der Waals surface area contributed by atoms with E-state index < -0.39 is 144 Å². The topological polar surface area (TPSA) is 418 Å². The van der Waals surface area contributed by atoms with Gasteiger partial charge in [-0.1, -0.05) is 62.6 Å². The second-order valence-corrected chi connectivity index (χ2v) is 23.8. The van der Waals surface area contributed by atoms with Gasteiger partial charge in [-0.15, -0.1) is 0 Å². The van der Waals surface area contributed by atoms with E-state index >= 15 is 0 Å². The van der Waals surface area contributed by atoms with Crippen LogP contribution in [0, 0.1) is 17.8 Å². The Labute approximate surface area is 484 Å². The highest BCUT2D eigenvalue weighted by Gasteiger charge is 2.44. The average molecular weight is 1200 g/mol. The summed E-state index contributed by atoms with van der Waals surface area (Å²) in [6.45, 7) is 10.8. The van der Waals surface area contributed by atoms with Gasteiger partial charge in [0.2, 0.25) is 71.6 Å². The lowest BCUT2D eigenvalue weighted by Crippen LogP contribution is -2.58. The number of carbonyl (C=O) groups is 14. The van der Waals surface area contributed by atoms with Crippen LogP contribution < -0.4 is 53.2 Å². The molecule has 2 aromatic rings. The van der Waals surface area contributed by atoms with Crippen molar-refractivity contribution in [2.45, 2.75) is 141 Å². The Morgan fingerprint density at radius 1 is 0.578 bits per heavy atom. The van der Waals surface area contributed by atoms with E-state index in [1.54, 1.807) is 34.6 Å². The molecule has 2 aromatic heterocycles. The number of ketones is 2. The molecule has 12 amide bonds. The first kappa shape index (κ1) is 64.3. The number of oxazole rings is 2. The van der Waals surface area contributed by atoms with Crippen LogP contribution in [0.2, 0.25) is 0 Å². The molecule has 2 fully saturated rings. The van der Waals surface area contributed by atoms with Crippen molar-refractivity contribution in [3.8, 4) is 0 Å². The third-order valence-electron chi connectivity index (χ3n) is 14.0. The molecular formula is C51H70N14O16S2. The first-order valence-electron chi connectivity index (χ1n) is 27.1. The number of nitrogens with one attached hydrogen (secondary N) is 10. The lowest BCUT2D eigenvalue weighted by atomic mass is 9.98. The maximum atomic E-state index is 14.2. The zero-order valence-electron chi connectivity index (χ0n) is 46.7. The van der Waals surface area contributed by atoms with Crippen molar-refractivity contribution in [3.05, 3.63) is 35.7 Å². The first-order chi connectivity index (χ1) is 39.4. The summed E-state index contributed by atoms with van der Waals surface area (Å²) in [5, 5.41) is 25.2. The minimum atomic E-state index is -1.48. The van der Waals surface area contributed by atoms with Crippen molar-refractivity contribution in [2.75, 3.05) is 37.7 Å². The Hall–Kier alpha value is -7.90. The van der Waals surface area contributed by atoms with Crippen LogP contribution >= 0.6 is 21.6 Å². The van der Waals surface area contributed by atoms with Crippen LogP contribution in [0.1, 0.15) is 125 Å². The van der Waals surface area contributed by atoms with E-state index in [1.165, 1.54) is 23.6 Å². The van der Waals surface area contributed by atoms with E-state index in [4.69, 9.17) is 8.83 Å². The minimum Gasteiger partial charge on any atom is -0.446 e. The standard InChI is InChI=1S/C51H70N14O16S2/c1-8-9-28-38(68)46(76)56-26(6)48-62-32(17-80-48)42(72)60-34(40(70)52-13-30(54-21-66)50(78)64-15-24(4)11-36(64)44(74)58-28)19-82-83-20-35-41(71)53-14-31(55-22-67)51(79)65-16-25(5)12-37(65)45(75)59-29(10-23(2)3)39(69)47(77)57-27(7)49-63-33(18-81-49)43(73)61-35/h17-18,21-31,34-37H,8-16,19-20H2,1-7H3,(H,52,70)(H,53,71)(H,54,66)(H,55,67)(H,56,76)(H,57,77)(H,58,74)(H,59,75)(H,60,72)(H,61,73). The smallest absolute Gasteiger partial charge is 0.290 e. The Kier molecular flexibility index (Phi) is 22.7. The molecule has 4 aliphatic heterocycles. The molecule has 0 spiro atoms. The summed E-state index contributed by atoms with van der Waals surface area (Å²) in [6.07, 6.45) is 3.19. The zero-order valence-corrected chi connectivity index (χ0v) is 48.4. The monoisotopic (exact) mass is 1200 g/mol. The predicted octanol–water partition coefficient (Wildman–Crippen LogP) is -2.79. The molecule has 12 atom stereocenters. The van der Waals surface area contributed by atoms with Gasteiger partial charge < -0.3 is 71.8 Å². The number of aromatic nitrogens is 2. The second kappa shape index (κ2) is 29.4. The summed E-state index contributed by atoms with van der Waals surface area (Å²) in [5.74, 6) is -12.4. The van der Waals surface area contributed by atoms with Gasteiger partial charge in [0.1, 0.15) is 60.9 Å². The van der Waals surface area contributed by atoms with Gasteiger partial charge in [0.25, 0.3) is 23.6 Å². The van der Waals surface area contributed by atoms with Crippen LogP contribution in [0.25, 0.3) is 0 Å². The molecule has 12 unspecified atom stereocenters. The molecular weight excluding hydrogens is 1130 g/mol. The molecule has 4 aliphatic rings. The van der Waals surface area contributed by atoms with E-state index in [9.17, 15) is 67.1 Å². The third-order valence-corrected chi connectivity index (χ3v) is 16.4. The van der Waals surface area contributed by atoms with E-state index in [0.717, 1.165) is 34.1 Å². The van der Waals surface area contributed by atoms with Crippen molar-refractivity contribution in [1.82, 2.24) is 72.9 Å². The highest BCUT2D eigenvalue weighted by atomic mass is 33.1. The van der Waals surface area contributed by atoms with Gasteiger partial charge in [-0.25, -0.2) is 9.97 Å². The van der Waals surface area contributed by atoms with Crippen molar-refractivity contribution in [1.29, 1.82) is 0 Å². The van der Waals surface area contributed by atoms with Gasteiger partial charge in [-0.2, -0.15) is 0 Å². The van der Waals surface area contributed by atoms with Crippen molar-refractivity contribution < 1.29 is 76.0 Å². The van der Waals surface area contributed by atoms with Crippen LogP contribution in [0.3, 0.4) is 0 Å². The van der Waals surface area contributed by atoms with E-state index in [-0.39, 0.29) is 104 Å². The van der Waals surface area contributed by atoms with Crippen molar-refractivity contribution in [2.24, 2.45) is 17.8 Å². The molecule has 0 aromatic carbocycles. The SMILES string of the molecule is CCCC1NC(=O)C2CC(C)CN2C(=O)C(NC=O)CNC(=O)C(CSSCC2NC(=O)c3coc(n3)C(C)NC(=O)C(=O)C(CC(C)C)NC(=O)C3CC(C)CN3C(=O)C(NC=O)CNC2=O)NC(=O)c2coc(n2)C(C)NC(=O)C1=O. The van der Waals surface area contributed by atoms with Gasteiger partial charge in [-0.05, 0) is 57.3 Å². The number of hydrogen-bond donors (Lipinski definition) is 10. The molecule has 30 nitrogen and oxygen atoms in total. The summed E-state index contributed by atoms with van der Waals surface area (Å²) in [5.41, 5.74) is -0.730. The average Bonchev–Trinajstić information content (AvgIpc) is 4.18. The number of amides is 12. The quantitative estimate of drug-likeness (QED) is 0.0419. The van der Waals surface area contributed by atoms with Gasteiger partial charge >= 0.3 is 0 Å². The Bertz CT molecular complexity index is 2810. The molecule has 6 rings (SSSR count). The summed E-state index contributed by atoms with van der Waals surface area (Å²) < 4.78 is 11.0. The molecule has 6 heterocycles. The Morgan fingerprint density at radius 2 is 0.988 bits per heavy atom. The number of fused-ring (bicyclic) bond motifs is 6. The lowest BCUT2D eigenvalue weighted by Gasteiger charge is -2.30. The fourth-order valence-corrected chi connectivity index (χ4v) is 12.1. The number of hydrogen-bond acceptors (Lipinski definition) is 20. The number of Topliss-reactive ketones (excluding diaryl/α,β-unsaturated/α-hetero) is 2. The normalized spacial score (nSPS) is 28.7. The number of rotatable bonds is 13. The highest BCUT2D eigenvalue weighted by molar-refractivity contribution is 8.76. The second-order valence-electron chi connectivity index (χ2n) is 21.3. The van der Waals surface area contributed by atoms with Crippen LogP contribution in [-0.2, 0) is 57.5 Å². The highest BCUT2D eigenvalue weighted by Crippen LogP contribution is 2.28. The maximum absolute atomic E-state index is 14.2. The van der Waals surface area contributed by atoms with Crippen LogP contribution in [-0.4, -0.2) is 189 Å². The number of nitrogens with zero attached hydrogens (tertiary/aromatic N) is 4. The Balaban J connectivity index is 1.25. The molecule has 0 saturated carbocycles. The summed E-state index contributed by atoms with van der Waals surface area (Å²) in [6, 6.07) is -12.9. The van der Waals surface area contributed by atoms with Crippen LogP contribution in [0.15, 0.2) is 21.4 Å². The predicted molar refractivity (Wildman–Crippen MR) is 292 cm³/mol. The van der Waals surface area contributed by atoms with E-state index in [0.29, 0.717) is 6.42 Å². The molecule has 2 saturated heterocycles. The molecule has 4 bridgehead atoms. The van der Waals surface area contributed by atoms with Crippen LogP contribution in [0.5, 0.6) is 0 Å². The summed E-state index contributed by atoms with van der Waals surface area (Å²) in [4.78, 5) is 200. The maximum Gasteiger partial charge on any atom is 0.290 e. The Morgan fingerprint density at radius 3 is 1.39 bits per heavy atom. The molecule has 0 aliphatic carbocycles. The molecule has 10 N–H and O–H groups in total. The largest absolute Gasteiger partial charge is 0.446 e. The first-order valence-corrected chi connectivity index (χ1v) is 29.6. The third kappa shape index (κ3) is 16.7. The molecule has 32 heteroatoms. The van der Waals surface area contributed by atoms with Crippen molar-refractivity contribution in [3.63, 3.8) is 0 Å². The zero-order chi connectivity index (χ0) is 60.8. The minimum absolute atomic E-state index is 0.0555. The summed E-state index contributed by atoms with van der Waals surface area (Å²) in [7, 11) is 1.84. The van der Waals surface area contributed by atoms with E-state index in [1.807, 2.05) is 0 Å². The van der Waals surface area contributed by atoms with Crippen LogP contribution in [0.4, 0.5) is 0 Å². The van der Waals surface area contributed by atoms with E-state index in [2.05, 4.69) is 63.1 Å². The fourth-order valence-electron chi connectivity index (χ4n) is 9.74. The molecule has 0 radical (unpaired) electrons. The van der Waals surface area contributed by atoms with Gasteiger partial charge in [0, 0.05) is 37.7 Å². The summed E-state index contributed by atoms with van der Waals surface area (Å²) >= 11 is 0. The lowest BCUT2D eigenvalue weighted by molar-refractivity contribution is -0.143. The molecule has 83 heavy (non-hydrogen) atoms. The number of carbonyl (C=O) groups excluding carboxylic acids is 14. The molecule has 452 valence electrons. The fraction of sp³-hybridized carbons (Fsp3) is 0.608. The van der Waals surface area contributed by atoms with Gasteiger partial charge in [-0.3, -0.25) is 67.1 Å².